The molecule has 6 heteroatoms. The van der Waals surface area contributed by atoms with Gasteiger partial charge in [-0.15, -0.1) is 0 Å². The van der Waals surface area contributed by atoms with Gasteiger partial charge in [0.25, 0.3) is 0 Å². The molecule has 3 rings (SSSR count). The van der Waals surface area contributed by atoms with Crippen molar-refractivity contribution in [1.82, 2.24) is 9.62 Å². The van der Waals surface area contributed by atoms with E-state index in [1.807, 2.05) is 0 Å². The summed E-state index contributed by atoms with van der Waals surface area (Å²) in [5, 5.41) is 3.20. The predicted molar refractivity (Wildman–Crippen MR) is 73.5 cm³/mol. The Morgan fingerprint density at radius 1 is 1.26 bits per heavy atom. The maximum absolute atomic E-state index is 12.4. The van der Waals surface area contributed by atoms with Gasteiger partial charge in [-0.25, -0.2) is 8.42 Å². The van der Waals surface area contributed by atoms with Crippen LogP contribution in [0.1, 0.15) is 38.5 Å². The van der Waals surface area contributed by atoms with E-state index in [9.17, 15) is 8.42 Å². The summed E-state index contributed by atoms with van der Waals surface area (Å²) in [4.78, 5) is 0. The fourth-order valence-corrected chi connectivity index (χ4v) is 5.35. The van der Waals surface area contributed by atoms with Crippen molar-refractivity contribution in [2.24, 2.45) is 0 Å². The molecule has 2 saturated heterocycles. The van der Waals surface area contributed by atoms with Gasteiger partial charge >= 0.3 is 0 Å². The first-order valence-corrected chi connectivity index (χ1v) is 8.85. The van der Waals surface area contributed by atoms with Crippen LogP contribution in [0.25, 0.3) is 0 Å². The van der Waals surface area contributed by atoms with Crippen molar-refractivity contribution in [3.8, 4) is 0 Å². The molecule has 1 spiro atoms. The van der Waals surface area contributed by atoms with Gasteiger partial charge in [0, 0.05) is 7.05 Å². The van der Waals surface area contributed by atoms with E-state index in [2.05, 4.69) is 5.32 Å². The first-order valence-electron chi connectivity index (χ1n) is 7.35. The van der Waals surface area contributed by atoms with Crippen LogP contribution >= 0.6 is 0 Å². The van der Waals surface area contributed by atoms with Crippen molar-refractivity contribution in [2.45, 2.75) is 55.4 Å². The number of likely N-dealkylation sites (N-methyl/N-ethyl adjacent to an activating group) is 1. The highest BCUT2D eigenvalue weighted by Crippen LogP contribution is 2.38. The third-order valence-electron chi connectivity index (χ3n) is 5.09. The Balaban J connectivity index is 1.67. The van der Waals surface area contributed by atoms with Crippen molar-refractivity contribution < 1.29 is 13.2 Å². The SMILES string of the molecule is CN(C1COC2(CCNCC2)C1)S(=O)(=O)C1CCC1. The van der Waals surface area contributed by atoms with Crippen LogP contribution in [0.15, 0.2) is 0 Å². The number of rotatable bonds is 3. The molecule has 110 valence electrons. The summed E-state index contributed by atoms with van der Waals surface area (Å²) in [7, 11) is -1.37. The van der Waals surface area contributed by atoms with Crippen molar-refractivity contribution in [2.75, 3.05) is 26.7 Å². The topological polar surface area (TPSA) is 58.6 Å². The lowest BCUT2D eigenvalue weighted by molar-refractivity contribution is -0.0197. The minimum absolute atomic E-state index is 0.0312. The summed E-state index contributed by atoms with van der Waals surface area (Å²) in [5.41, 5.74) is -0.0701. The number of nitrogens with zero attached hydrogens (tertiary/aromatic N) is 1. The molecular formula is C13H24N2O3S. The molecule has 5 nitrogen and oxygen atoms in total. The van der Waals surface area contributed by atoms with E-state index in [0.717, 1.165) is 51.6 Å². The van der Waals surface area contributed by atoms with Gasteiger partial charge in [0.2, 0.25) is 10.0 Å². The van der Waals surface area contributed by atoms with Gasteiger partial charge in [-0.05, 0) is 45.2 Å². The standard InChI is InChI=1S/C13H24N2O3S/c1-15(19(16,17)12-3-2-4-12)11-9-13(18-10-11)5-7-14-8-6-13/h11-12,14H,2-10H2,1H3. The zero-order chi connectivity index (χ0) is 13.5. The van der Waals surface area contributed by atoms with Crippen molar-refractivity contribution in [3.05, 3.63) is 0 Å². The highest BCUT2D eigenvalue weighted by Gasteiger charge is 2.46. The Bertz CT molecular complexity index is 427. The van der Waals surface area contributed by atoms with Crippen LogP contribution in [0.2, 0.25) is 0 Å². The zero-order valence-electron chi connectivity index (χ0n) is 11.6. The molecule has 3 aliphatic rings. The fraction of sp³-hybridized carbons (Fsp3) is 1.00. The Kier molecular flexibility index (Phi) is 3.62. The smallest absolute Gasteiger partial charge is 0.217 e. The van der Waals surface area contributed by atoms with Crippen LogP contribution in [-0.4, -0.2) is 56.4 Å². The van der Waals surface area contributed by atoms with Crippen molar-refractivity contribution >= 4 is 10.0 Å². The second kappa shape index (κ2) is 4.98. The maximum Gasteiger partial charge on any atom is 0.217 e. The van der Waals surface area contributed by atoms with Crippen molar-refractivity contribution in [1.29, 1.82) is 0 Å². The van der Waals surface area contributed by atoms with Crippen LogP contribution in [-0.2, 0) is 14.8 Å². The lowest BCUT2D eigenvalue weighted by Gasteiger charge is -2.35. The van der Waals surface area contributed by atoms with E-state index in [1.54, 1.807) is 11.4 Å². The van der Waals surface area contributed by atoms with E-state index in [1.165, 1.54) is 0 Å². The second-order valence-corrected chi connectivity index (χ2v) is 8.49. The lowest BCUT2D eigenvalue weighted by atomic mass is 9.88. The average molecular weight is 288 g/mol. The van der Waals surface area contributed by atoms with Crippen LogP contribution in [0.3, 0.4) is 0 Å². The largest absolute Gasteiger partial charge is 0.373 e. The Hall–Kier alpha value is -0.170. The minimum atomic E-state index is -3.10. The molecule has 1 atom stereocenters. The number of nitrogens with one attached hydrogen (secondary N) is 1. The number of hydrogen-bond acceptors (Lipinski definition) is 4. The van der Waals surface area contributed by atoms with Gasteiger partial charge in [0.1, 0.15) is 0 Å². The molecule has 0 aromatic rings. The van der Waals surface area contributed by atoms with E-state index in [-0.39, 0.29) is 16.9 Å². The van der Waals surface area contributed by atoms with Crippen molar-refractivity contribution in [3.63, 3.8) is 0 Å². The lowest BCUT2D eigenvalue weighted by Crippen LogP contribution is -2.46. The van der Waals surface area contributed by atoms with Gasteiger partial charge in [-0.1, -0.05) is 6.42 Å². The molecule has 0 aromatic heterocycles. The minimum Gasteiger partial charge on any atom is -0.373 e. The maximum atomic E-state index is 12.4. The molecule has 1 saturated carbocycles. The van der Waals surface area contributed by atoms with Crippen LogP contribution in [0.5, 0.6) is 0 Å². The third-order valence-corrected chi connectivity index (χ3v) is 7.51. The van der Waals surface area contributed by atoms with E-state index < -0.39 is 10.0 Å². The summed E-state index contributed by atoms with van der Waals surface area (Å²) in [6, 6.07) is 0.0312. The van der Waals surface area contributed by atoms with E-state index in [4.69, 9.17) is 4.74 Å². The number of piperidine rings is 1. The second-order valence-electron chi connectivity index (χ2n) is 6.22. The van der Waals surface area contributed by atoms with Crippen LogP contribution < -0.4 is 5.32 Å². The van der Waals surface area contributed by atoms with Gasteiger partial charge in [0.15, 0.2) is 0 Å². The van der Waals surface area contributed by atoms with E-state index >= 15 is 0 Å². The number of hydrogen-bond donors (Lipinski definition) is 1. The van der Waals surface area contributed by atoms with Gasteiger partial charge in [-0.2, -0.15) is 4.31 Å². The van der Waals surface area contributed by atoms with Crippen LogP contribution in [0.4, 0.5) is 0 Å². The molecule has 1 aliphatic carbocycles. The molecule has 3 fully saturated rings. The summed E-state index contributed by atoms with van der Waals surface area (Å²) in [6.45, 7) is 2.51. The van der Waals surface area contributed by atoms with Gasteiger partial charge < -0.3 is 10.1 Å². The first kappa shape index (κ1) is 13.8. The Morgan fingerprint density at radius 2 is 1.95 bits per heavy atom. The third kappa shape index (κ3) is 2.44. The molecule has 19 heavy (non-hydrogen) atoms. The molecule has 0 amide bonds. The molecule has 2 aliphatic heterocycles. The van der Waals surface area contributed by atoms with Gasteiger partial charge in [0.05, 0.1) is 23.5 Å². The monoisotopic (exact) mass is 288 g/mol. The Labute approximate surface area is 115 Å². The predicted octanol–water partition coefficient (Wildman–Crippen LogP) is 0.712. The Morgan fingerprint density at radius 3 is 2.53 bits per heavy atom. The molecule has 0 bridgehead atoms. The quantitative estimate of drug-likeness (QED) is 0.831. The molecule has 1 N–H and O–H groups in total. The molecule has 2 heterocycles. The zero-order valence-corrected chi connectivity index (χ0v) is 12.4. The number of ether oxygens (including phenoxy) is 1. The summed E-state index contributed by atoms with van der Waals surface area (Å²) < 4.78 is 32.5. The first-order chi connectivity index (χ1) is 9.04. The number of sulfonamides is 1. The normalized spacial score (nSPS) is 31.8. The highest BCUT2D eigenvalue weighted by atomic mass is 32.2. The summed E-state index contributed by atoms with van der Waals surface area (Å²) >= 11 is 0. The fourth-order valence-electron chi connectivity index (χ4n) is 3.40. The summed E-state index contributed by atoms with van der Waals surface area (Å²) in [5.74, 6) is 0. The molecule has 1 unspecified atom stereocenters. The summed E-state index contributed by atoms with van der Waals surface area (Å²) in [6.07, 6.45) is 5.57. The van der Waals surface area contributed by atoms with E-state index in [0.29, 0.717) is 6.61 Å². The van der Waals surface area contributed by atoms with Crippen LogP contribution in [0, 0.1) is 0 Å². The molecule has 0 radical (unpaired) electrons. The molecule has 0 aromatic carbocycles. The highest BCUT2D eigenvalue weighted by molar-refractivity contribution is 7.89. The molecular weight excluding hydrogens is 264 g/mol. The average Bonchev–Trinajstić information content (AvgIpc) is 2.70. The van der Waals surface area contributed by atoms with Gasteiger partial charge in [-0.3, -0.25) is 0 Å².